The van der Waals surface area contributed by atoms with E-state index in [2.05, 4.69) is 4.74 Å². The van der Waals surface area contributed by atoms with Crippen molar-refractivity contribution in [3.05, 3.63) is 0 Å². The van der Waals surface area contributed by atoms with Crippen LogP contribution >= 0.6 is 11.8 Å². The minimum absolute atomic E-state index is 0.133. The highest BCUT2D eigenvalue weighted by Gasteiger charge is 2.64. The minimum atomic E-state index is -1.59. The number of amides is 1. The number of nitrogens with zero attached hydrogens (tertiary/aromatic N) is 1. The van der Waals surface area contributed by atoms with Crippen LogP contribution in [0.4, 0.5) is 9.18 Å². The van der Waals surface area contributed by atoms with E-state index in [1.165, 1.54) is 23.6 Å². The summed E-state index contributed by atoms with van der Waals surface area (Å²) in [7, 11) is 0. The van der Waals surface area contributed by atoms with Gasteiger partial charge in [0.15, 0.2) is 0 Å². The Balaban J connectivity index is 1.99. The zero-order chi connectivity index (χ0) is 16.7. The molecule has 1 unspecified atom stereocenters. The van der Waals surface area contributed by atoms with Gasteiger partial charge in [0, 0.05) is 11.7 Å². The average Bonchev–Trinajstić information content (AvgIpc) is 2.67. The fourth-order valence-corrected chi connectivity index (χ4v) is 4.02. The molecule has 9 heteroatoms. The molecule has 0 aromatic rings. The van der Waals surface area contributed by atoms with Gasteiger partial charge in [-0.05, 0) is 20.8 Å². The molecule has 4 atom stereocenters. The maximum Gasteiger partial charge on any atom is 0.511 e. The number of carbonyl (C=O) groups is 3. The highest BCUT2D eigenvalue weighted by Crippen LogP contribution is 2.51. The molecular formula is C13H18FNO6S. The van der Waals surface area contributed by atoms with E-state index in [0.29, 0.717) is 0 Å². The number of thioether (sulfide) groups is 1. The van der Waals surface area contributed by atoms with Crippen molar-refractivity contribution in [3.63, 3.8) is 0 Å². The van der Waals surface area contributed by atoms with E-state index in [1.807, 2.05) is 0 Å². The van der Waals surface area contributed by atoms with E-state index in [1.54, 1.807) is 20.8 Å². The van der Waals surface area contributed by atoms with Crippen LogP contribution in [-0.2, 0) is 23.8 Å². The van der Waals surface area contributed by atoms with Gasteiger partial charge in [0.25, 0.3) is 5.91 Å². The highest BCUT2D eigenvalue weighted by molar-refractivity contribution is 8.01. The van der Waals surface area contributed by atoms with Gasteiger partial charge < -0.3 is 19.1 Å². The Kier molecular flexibility index (Phi) is 4.55. The van der Waals surface area contributed by atoms with Crippen molar-refractivity contribution in [1.82, 2.24) is 4.90 Å². The second-order valence-corrected chi connectivity index (χ2v) is 7.24. The average molecular weight is 335 g/mol. The van der Waals surface area contributed by atoms with Crippen LogP contribution in [0.1, 0.15) is 27.7 Å². The normalized spacial score (nSPS) is 30.1. The van der Waals surface area contributed by atoms with E-state index < -0.39 is 46.7 Å². The van der Waals surface area contributed by atoms with E-state index >= 15 is 0 Å². The van der Waals surface area contributed by atoms with Crippen LogP contribution in [0.5, 0.6) is 0 Å². The zero-order valence-electron chi connectivity index (χ0n) is 12.7. The predicted molar refractivity (Wildman–Crippen MR) is 74.6 cm³/mol. The number of hydrogen-bond donors (Lipinski definition) is 0. The molecule has 2 saturated heterocycles. The number of hydrogen-bond acceptors (Lipinski definition) is 7. The molecule has 124 valence electrons. The van der Waals surface area contributed by atoms with Crippen LogP contribution < -0.4 is 0 Å². The van der Waals surface area contributed by atoms with Crippen molar-refractivity contribution in [3.8, 4) is 0 Å². The van der Waals surface area contributed by atoms with Crippen LogP contribution in [0.3, 0.4) is 0 Å². The van der Waals surface area contributed by atoms with Crippen molar-refractivity contribution < 1.29 is 33.0 Å². The van der Waals surface area contributed by atoms with Crippen molar-refractivity contribution in [2.24, 2.45) is 0 Å². The summed E-state index contributed by atoms with van der Waals surface area (Å²) in [4.78, 5) is 36.2. The molecular weight excluding hydrogens is 317 g/mol. The smallest absolute Gasteiger partial charge is 0.435 e. The first-order valence-electron chi connectivity index (χ1n) is 6.87. The first-order valence-corrected chi connectivity index (χ1v) is 7.75. The molecule has 7 nitrogen and oxygen atoms in total. The number of alkyl halides is 1. The number of halogens is 1. The van der Waals surface area contributed by atoms with Crippen molar-refractivity contribution in [2.75, 3.05) is 6.61 Å². The SMILES string of the molecule is CCOC(=O)OC(C)OC(=O)[C@@H]1N2C(=O)[C@@H](F)[C@H]2SC1(C)C. The Morgan fingerprint density at radius 1 is 1.41 bits per heavy atom. The second kappa shape index (κ2) is 5.94. The molecule has 1 amide bonds. The molecule has 0 aromatic carbocycles. The van der Waals surface area contributed by atoms with Gasteiger partial charge >= 0.3 is 12.1 Å². The summed E-state index contributed by atoms with van der Waals surface area (Å²) in [6.07, 6.45) is -3.70. The van der Waals surface area contributed by atoms with E-state index in [-0.39, 0.29) is 6.61 Å². The third-order valence-corrected chi connectivity index (χ3v) is 4.94. The number of rotatable bonds is 4. The predicted octanol–water partition coefficient (Wildman–Crippen LogP) is 1.45. The van der Waals surface area contributed by atoms with Crippen LogP contribution in [0.2, 0.25) is 0 Å². The van der Waals surface area contributed by atoms with Gasteiger partial charge in [-0.15, -0.1) is 11.8 Å². The molecule has 2 aliphatic rings. The molecule has 22 heavy (non-hydrogen) atoms. The molecule has 0 aromatic heterocycles. The summed E-state index contributed by atoms with van der Waals surface area (Å²) in [6, 6.07) is -0.921. The molecule has 2 heterocycles. The molecule has 0 N–H and O–H groups in total. The summed E-state index contributed by atoms with van der Waals surface area (Å²) in [5, 5.41) is -0.665. The summed E-state index contributed by atoms with van der Waals surface area (Å²) in [5.41, 5.74) is 0. The van der Waals surface area contributed by atoms with Gasteiger partial charge in [0.1, 0.15) is 11.4 Å². The van der Waals surface area contributed by atoms with E-state index in [4.69, 9.17) is 9.47 Å². The summed E-state index contributed by atoms with van der Waals surface area (Å²) in [6.45, 7) is 6.57. The Labute approximate surface area is 131 Å². The monoisotopic (exact) mass is 335 g/mol. The fourth-order valence-electron chi connectivity index (χ4n) is 2.49. The molecule has 2 aliphatic heterocycles. The first-order chi connectivity index (χ1) is 10.2. The van der Waals surface area contributed by atoms with Crippen molar-refractivity contribution in [2.45, 2.75) is 56.3 Å². The standard InChI is InChI=1S/C13H18FNO6S/c1-5-19-12(18)21-6(2)20-11(17)8-13(3,4)22-10-7(14)9(16)15(8)10/h6-8,10H,5H2,1-4H3/t6?,7-,8+,10-/m1/s1. The third-order valence-electron chi connectivity index (χ3n) is 3.41. The lowest BCUT2D eigenvalue weighted by atomic mass is 9.97. The molecule has 0 aliphatic carbocycles. The third kappa shape index (κ3) is 2.86. The van der Waals surface area contributed by atoms with Gasteiger partial charge in [-0.1, -0.05) is 0 Å². The first kappa shape index (κ1) is 16.9. The Morgan fingerprint density at radius 3 is 2.64 bits per heavy atom. The summed E-state index contributed by atoms with van der Waals surface area (Å²) >= 11 is 1.21. The maximum atomic E-state index is 13.5. The van der Waals surface area contributed by atoms with E-state index in [9.17, 15) is 18.8 Å². The van der Waals surface area contributed by atoms with Gasteiger partial charge in [-0.3, -0.25) is 4.79 Å². The minimum Gasteiger partial charge on any atom is -0.435 e. The molecule has 2 rings (SSSR count). The molecule has 0 saturated carbocycles. The Hall–Kier alpha value is -1.51. The lowest BCUT2D eigenvalue weighted by molar-refractivity contribution is -0.182. The van der Waals surface area contributed by atoms with Crippen molar-refractivity contribution >= 4 is 29.8 Å². The molecule has 0 radical (unpaired) electrons. The van der Waals surface area contributed by atoms with Gasteiger partial charge in [-0.25, -0.2) is 14.0 Å². The topological polar surface area (TPSA) is 82.1 Å². The lowest BCUT2D eigenvalue weighted by Gasteiger charge is -2.39. The second-order valence-electron chi connectivity index (χ2n) is 5.47. The summed E-state index contributed by atoms with van der Waals surface area (Å²) in [5.74, 6) is -1.46. The van der Waals surface area contributed by atoms with Gasteiger partial charge in [-0.2, -0.15) is 0 Å². The highest BCUT2D eigenvalue weighted by atomic mass is 32.2. The number of ether oxygens (including phenoxy) is 3. The number of carbonyl (C=O) groups excluding carboxylic acids is 3. The van der Waals surface area contributed by atoms with Gasteiger partial charge in [0.2, 0.25) is 12.5 Å². The van der Waals surface area contributed by atoms with Crippen LogP contribution in [0.15, 0.2) is 0 Å². The molecule has 0 spiro atoms. The lowest BCUT2D eigenvalue weighted by Crippen LogP contribution is -2.64. The van der Waals surface area contributed by atoms with Crippen LogP contribution in [0.25, 0.3) is 0 Å². The van der Waals surface area contributed by atoms with Crippen LogP contribution in [0, 0.1) is 0 Å². The number of β-lactam (4-membered cyclic amide) rings is 1. The molecule has 2 fully saturated rings. The largest absolute Gasteiger partial charge is 0.511 e. The Bertz CT molecular complexity index is 499. The fraction of sp³-hybridized carbons (Fsp3) is 0.769. The number of fused-ring (bicyclic) bond motifs is 1. The number of esters is 1. The quantitative estimate of drug-likeness (QED) is 0.437. The van der Waals surface area contributed by atoms with Gasteiger partial charge in [0.05, 0.1) is 6.61 Å². The molecule has 0 bridgehead atoms. The van der Waals surface area contributed by atoms with Crippen LogP contribution in [-0.4, -0.2) is 58.2 Å². The zero-order valence-corrected chi connectivity index (χ0v) is 13.5. The maximum absolute atomic E-state index is 13.5. The van der Waals surface area contributed by atoms with Crippen molar-refractivity contribution in [1.29, 1.82) is 0 Å². The summed E-state index contributed by atoms with van der Waals surface area (Å²) < 4.78 is 27.2. The Morgan fingerprint density at radius 2 is 2.05 bits per heavy atom. The van der Waals surface area contributed by atoms with E-state index in [0.717, 1.165) is 0 Å².